The van der Waals surface area contributed by atoms with Crippen LogP contribution in [0.2, 0.25) is 0 Å². The van der Waals surface area contributed by atoms with Gasteiger partial charge < -0.3 is 5.32 Å². The molecule has 0 atom stereocenters. The standard InChI is InChI=1S/C13H17N5O3S/c1-3-18(4-2)22(20,21)11-7-5-10(6-8-11)15-13(19)12-9-14-17-16-12/h5-9H,3-4H2,1-2H3,(H,15,19)(H,14,16,17). The van der Waals surface area contributed by atoms with Crippen LogP contribution in [0.3, 0.4) is 0 Å². The molecule has 0 saturated carbocycles. The molecule has 0 saturated heterocycles. The van der Waals surface area contributed by atoms with E-state index in [1.165, 1.54) is 34.8 Å². The average Bonchev–Trinajstić information content (AvgIpc) is 3.03. The molecule has 2 rings (SSSR count). The summed E-state index contributed by atoms with van der Waals surface area (Å²) in [5.74, 6) is -0.423. The Bertz CT molecular complexity index is 722. The Balaban J connectivity index is 2.15. The molecule has 22 heavy (non-hydrogen) atoms. The summed E-state index contributed by atoms with van der Waals surface area (Å²) in [5, 5.41) is 12.2. The van der Waals surface area contributed by atoms with Crippen LogP contribution in [0.1, 0.15) is 24.3 Å². The molecule has 0 radical (unpaired) electrons. The van der Waals surface area contributed by atoms with Crippen molar-refractivity contribution in [3.8, 4) is 0 Å². The van der Waals surface area contributed by atoms with E-state index in [2.05, 4.69) is 20.7 Å². The van der Waals surface area contributed by atoms with Gasteiger partial charge in [0.25, 0.3) is 5.91 Å². The van der Waals surface area contributed by atoms with Crippen molar-refractivity contribution in [1.29, 1.82) is 0 Å². The van der Waals surface area contributed by atoms with Gasteiger partial charge in [-0.05, 0) is 24.3 Å². The van der Waals surface area contributed by atoms with Gasteiger partial charge in [-0.25, -0.2) is 8.42 Å². The summed E-state index contributed by atoms with van der Waals surface area (Å²) in [7, 11) is -3.50. The average molecular weight is 323 g/mol. The second-order valence-electron chi connectivity index (χ2n) is 4.42. The van der Waals surface area contributed by atoms with Gasteiger partial charge >= 0.3 is 0 Å². The molecular formula is C13H17N5O3S. The fraction of sp³-hybridized carbons (Fsp3) is 0.308. The molecule has 0 aliphatic carbocycles. The number of aromatic nitrogens is 3. The second kappa shape index (κ2) is 6.67. The molecule has 2 aromatic rings. The van der Waals surface area contributed by atoms with Crippen LogP contribution < -0.4 is 5.32 Å². The summed E-state index contributed by atoms with van der Waals surface area (Å²) in [6, 6.07) is 6.00. The Labute approximate surface area is 128 Å². The maximum Gasteiger partial charge on any atom is 0.277 e. The van der Waals surface area contributed by atoms with E-state index >= 15 is 0 Å². The van der Waals surface area contributed by atoms with Gasteiger partial charge in [0, 0.05) is 18.8 Å². The van der Waals surface area contributed by atoms with Crippen LogP contribution >= 0.6 is 0 Å². The lowest BCUT2D eigenvalue weighted by atomic mass is 10.3. The number of carbonyl (C=O) groups is 1. The van der Waals surface area contributed by atoms with Gasteiger partial charge in [-0.1, -0.05) is 13.8 Å². The smallest absolute Gasteiger partial charge is 0.277 e. The van der Waals surface area contributed by atoms with E-state index in [1.54, 1.807) is 13.8 Å². The number of hydrogen-bond donors (Lipinski definition) is 2. The molecule has 0 aliphatic rings. The molecule has 0 spiro atoms. The number of rotatable bonds is 6. The summed E-state index contributed by atoms with van der Waals surface area (Å²) < 4.78 is 26.0. The highest BCUT2D eigenvalue weighted by atomic mass is 32.2. The van der Waals surface area contributed by atoms with Crippen LogP contribution in [0.15, 0.2) is 35.4 Å². The molecule has 0 fully saturated rings. The Morgan fingerprint density at radius 2 is 1.86 bits per heavy atom. The van der Waals surface area contributed by atoms with Crippen LogP contribution in [0.4, 0.5) is 5.69 Å². The van der Waals surface area contributed by atoms with Crippen LogP contribution in [0.25, 0.3) is 0 Å². The summed E-state index contributed by atoms with van der Waals surface area (Å²) in [5.41, 5.74) is 0.631. The van der Waals surface area contributed by atoms with Gasteiger partial charge in [-0.15, -0.1) is 0 Å². The van der Waals surface area contributed by atoms with Crippen molar-refractivity contribution in [1.82, 2.24) is 19.7 Å². The summed E-state index contributed by atoms with van der Waals surface area (Å²) in [6.07, 6.45) is 1.30. The highest BCUT2D eigenvalue weighted by Crippen LogP contribution is 2.18. The van der Waals surface area contributed by atoms with E-state index in [1.807, 2.05) is 0 Å². The van der Waals surface area contributed by atoms with E-state index in [0.717, 1.165) is 0 Å². The summed E-state index contributed by atoms with van der Waals surface area (Å²) in [4.78, 5) is 12.0. The monoisotopic (exact) mass is 323 g/mol. The molecule has 1 heterocycles. The highest BCUT2D eigenvalue weighted by Gasteiger charge is 2.21. The molecule has 1 amide bonds. The number of carbonyl (C=O) groups excluding carboxylic acids is 1. The topological polar surface area (TPSA) is 108 Å². The van der Waals surface area contributed by atoms with Gasteiger partial charge in [-0.2, -0.15) is 19.7 Å². The van der Waals surface area contributed by atoms with Crippen LogP contribution in [0.5, 0.6) is 0 Å². The number of H-pyrrole nitrogens is 1. The number of nitrogens with zero attached hydrogens (tertiary/aromatic N) is 3. The van der Waals surface area contributed by atoms with E-state index < -0.39 is 15.9 Å². The van der Waals surface area contributed by atoms with Crippen molar-refractivity contribution in [2.24, 2.45) is 0 Å². The lowest BCUT2D eigenvalue weighted by molar-refractivity contribution is 0.102. The van der Waals surface area contributed by atoms with Crippen molar-refractivity contribution in [2.45, 2.75) is 18.7 Å². The molecular weight excluding hydrogens is 306 g/mol. The van der Waals surface area contributed by atoms with Gasteiger partial charge in [0.2, 0.25) is 10.0 Å². The number of nitrogens with one attached hydrogen (secondary N) is 2. The first-order valence-electron chi connectivity index (χ1n) is 6.76. The molecule has 8 nitrogen and oxygen atoms in total. The molecule has 118 valence electrons. The highest BCUT2D eigenvalue weighted by molar-refractivity contribution is 7.89. The second-order valence-corrected chi connectivity index (χ2v) is 6.36. The Hall–Kier alpha value is -2.26. The zero-order chi connectivity index (χ0) is 16.2. The van der Waals surface area contributed by atoms with Gasteiger partial charge in [0.05, 0.1) is 11.1 Å². The molecule has 2 N–H and O–H groups in total. The van der Waals surface area contributed by atoms with Crippen molar-refractivity contribution in [3.05, 3.63) is 36.2 Å². The number of benzene rings is 1. The van der Waals surface area contributed by atoms with Gasteiger partial charge in [0.1, 0.15) is 0 Å². The van der Waals surface area contributed by atoms with E-state index in [4.69, 9.17) is 0 Å². The SMILES string of the molecule is CCN(CC)S(=O)(=O)c1ccc(NC(=O)c2cn[nH]n2)cc1. The predicted molar refractivity (Wildman–Crippen MR) is 80.9 cm³/mol. The van der Waals surface area contributed by atoms with Crippen molar-refractivity contribution >= 4 is 21.6 Å². The van der Waals surface area contributed by atoms with Crippen molar-refractivity contribution < 1.29 is 13.2 Å². The maximum atomic E-state index is 12.3. The fourth-order valence-corrected chi connectivity index (χ4v) is 3.39. The fourth-order valence-electron chi connectivity index (χ4n) is 1.93. The van der Waals surface area contributed by atoms with Crippen LogP contribution in [-0.4, -0.2) is 47.1 Å². The first kappa shape index (κ1) is 16.1. The number of aromatic amines is 1. The zero-order valence-corrected chi connectivity index (χ0v) is 13.1. The molecule has 1 aromatic carbocycles. The first-order chi connectivity index (χ1) is 10.5. The number of hydrogen-bond acceptors (Lipinski definition) is 5. The van der Waals surface area contributed by atoms with E-state index in [0.29, 0.717) is 18.8 Å². The maximum absolute atomic E-state index is 12.3. The van der Waals surface area contributed by atoms with Gasteiger partial charge in [0.15, 0.2) is 5.69 Å². The van der Waals surface area contributed by atoms with Crippen molar-refractivity contribution in [2.75, 3.05) is 18.4 Å². The number of sulfonamides is 1. The molecule has 9 heteroatoms. The number of anilines is 1. The van der Waals surface area contributed by atoms with E-state index in [-0.39, 0.29) is 10.6 Å². The quantitative estimate of drug-likeness (QED) is 0.827. The minimum absolute atomic E-state index is 0.153. The molecule has 1 aromatic heterocycles. The third-order valence-electron chi connectivity index (χ3n) is 3.10. The third kappa shape index (κ3) is 3.31. The Morgan fingerprint density at radius 3 is 2.36 bits per heavy atom. The van der Waals surface area contributed by atoms with Crippen molar-refractivity contribution in [3.63, 3.8) is 0 Å². The lowest BCUT2D eigenvalue weighted by Gasteiger charge is -2.18. The van der Waals surface area contributed by atoms with Crippen LogP contribution in [-0.2, 0) is 10.0 Å². The number of amides is 1. The normalized spacial score (nSPS) is 11.6. The van der Waals surface area contributed by atoms with E-state index in [9.17, 15) is 13.2 Å². The predicted octanol–water partition coefficient (Wildman–Crippen LogP) is 1.09. The molecule has 0 aliphatic heterocycles. The third-order valence-corrected chi connectivity index (χ3v) is 5.17. The van der Waals surface area contributed by atoms with Gasteiger partial charge in [-0.3, -0.25) is 4.79 Å². The molecule has 0 bridgehead atoms. The minimum Gasteiger partial charge on any atom is -0.321 e. The Kier molecular flexibility index (Phi) is 4.88. The lowest BCUT2D eigenvalue weighted by Crippen LogP contribution is -2.30. The molecule has 0 unspecified atom stereocenters. The largest absolute Gasteiger partial charge is 0.321 e. The Morgan fingerprint density at radius 1 is 1.23 bits per heavy atom. The zero-order valence-electron chi connectivity index (χ0n) is 12.3. The summed E-state index contributed by atoms with van der Waals surface area (Å²) in [6.45, 7) is 4.38. The summed E-state index contributed by atoms with van der Waals surface area (Å²) >= 11 is 0. The van der Waals surface area contributed by atoms with Crippen LogP contribution in [0, 0.1) is 0 Å². The minimum atomic E-state index is -3.50. The first-order valence-corrected chi connectivity index (χ1v) is 8.20.